The number of carbonyl (C=O) groups is 1. The van der Waals surface area contributed by atoms with Gasteiger partial charge in [-0.1, -0.05) is 12.1 Å². The number of amides is 1. The Bertz CT molecular complexity index is 913. The summed E-state index contributed by atoms with van der Waals surface area (Å²) >= 11 is 0. The van der Waals surface area contributed by atoms with Crippen LogP contribution in [0, 0.1) is 5.82 Å². The van der Waals surface area contributed by atoms with Crippen molar-refractivity contribution in [1.29, 1.82) is 0 Å². The molecule has 0 spiro atoms. The van der Waals surface area contributed by atoms with Gasteiger partial charge in [-0.3, -0.25) is 9.52 Å². The number of rotatable bonds is 6. The van der Waals surface area contributed by atoms with Crippen molar-refractivity contribution in [2.45, 2.75) is 12.2 Å². The third-order valence-electron chi connectivity index (χ3n) is 4.09. The topological polar surface area (TPSA) is 75.7 Å². The van der Waals surface area contributed by atoms with Crippen LogP contribution in [0.15, 0.2) is 42.5 Å². The lowest BCUT2D eigenvalue weighted by Gasteiger charge is -2.17. The fraction of sp³-hybridized carbons (Fsp3) is 0.278. The molecule has 8 heteroatoms. The van der Waals surface area contributed by atoms with Gasteiger partial charge >= 0.3 is 0 Å². The molecule has 0 saturated carbocycles. The van der Waals surface area contributed by atoms with Crippen LogP contribution >= 0.6 is 0 Å². The fourth-order valence-corrected chi connectivity index (χ4v) is 4.13. The monoisotopic (exact) mass is 378 g/mol. The second-order valence-corrected chi connectivity index (χ2v) is 7.78. The standard InChI is InChI=1S/C18H19FN2O4S/c1-25-11-18(22)21-9-8-14-10-16(6-7-17(14)21)20-26(23,24)12-13-2-4-15(19)5-3-13/h2-7,10,20H,8-9,11-12H2,1H3. The molecule has 0 atom stereocenters. The van der Waals surface area contributed by atoms with Gasteiger partial charge in [-0.25, -0.2) is 12.8 Å². The zero-order valence-electron chi connectivity index (χ0n) is 14.2. The molecule has 1 amide bonds. The summed E-state index contributed by atoms with van der Waals surface area (Å²) < 4.78 is 45.0. The quantitative estimate of drug-likeness (QED) is 0.837. The van der Waals surface area contributed by atoms with E-state index in [1.165, 1.54) is 31.4 Å². The van der Waals surface area contributed by atoms with Gasteiger partial charge in [-0.15, -0.1) is 0 Å². The summed E-state index contributed by atoms with van der Waals surface area (Å²) in [7, 11) is -2.16. The molecule has 0 saturated heterocycles. The van der Waals surface area contributed by atoms with Crippen molar-refractivity contribution in [3.8, 4) is 0 Å². The number of fused-ring (bicyclic) bond motifs is 1. The van der Waals surface area contributed by atoms with Crippen LogP contribution in [0.1, 0.15) is 11.1 Å². The van der Waals surface area contributed by atoms with Gasteiger partial charge in [0, 0.05) is 25.0 Å². The van der Waals surface area contributed by atoms with E-state index in [1.807, 2.05) is 0 Å². The molecule has 1 heterocycles. The number of methoxy groups -OCH3 is 1. The van der Waals surface area contributed by atoms with E-state index in [1.54, 1.807) is 23.1 Å². The predicted octanol–water partition coefficient (Wildman–Crippen LogP) is 2.30. The summed E-state index contributed by atoms with van der Waals surface area (Å²) in [4.78, 5) is 13.6. The Labute approximate surface area is 151 Å². The highest BCUT2D eigenvalue weighted by Crippen LogP contribution is 2.31. The number of sulfonamides is 1. The molecule has 2 aromatic carbocycles. The van der Waals surface area contributed by atoms with Crippen LogP contribution in [-0.4, -0.2) is 34.6 Å². The molecule has 2 aromatic rings. The summed E-state index contributed by atoms with van der Waals surface area (Å²) in [6, 6.07) is 10.4. The molecule has 0 fully saturated rings. The molecule has 0 unspecified atom stereocenters. The first kappa shape index (κ1) is 18.3. The maximum absolute atomic E-state index is 12.9. The van der Waals surface area contributed by atoms with Crippen LogP contribution < -0.4 is 9.62 Å². The SMILES string of the molecule is COCC(=O)N1CCc2cc(NS(=O)(=O)Cc3ccc(F)cc3)ccc21. The minimum atomic E-state index is -3.63. The highest BCUT2D eigenvalue weighted by Gasteiger charge is 2.25. The number of carbonyl (C=O) groups excluding carboxylic acids is 1. The molecule has 0 bridgehead atoms. The van der Waals surface area contributed by atoms with Gasteiger partial charge in [0.15, 0.2) is 0 Å². The van der Waals surface area contributed by atoms with Gasteiger partial charge < -0.3 is 9.64 Å². The second-order valence-electron chi connectivity index (χ2n) is 6.06. The van der Waals surface area contributed by atoms with E-state index in [9.17, 15) is 17.6 Å². The summed E-state index contributed by atoms with van der Waals surface area (Å²) in [6.45, 7) is 0.550. The molecule has 0 aromatic heterocycles. The number of hydrogen-bond donors (Lipinski definition) is 1. The summed E-state index contributed by atoms with van der Waals surface area (Å²) in [5.74, 6) is -0.788. The first-order valence-corrected chi connectivity index (χ1v) is 9.70. The van der Waals surface area contributed by atoms with Crippen LogP contribution in [-0.2, 0) is 31.7 Å². The highest BCUT2D eigenvalue weighted by atomic mass is 32.2. The first-order valence-electron chi connectivity index (χ1n) is 8.05. The summed E-state index contributed by atoms with van der Waals surface area (Å²) in [6.07, 6.45) is 0.651. The van der Waals surface area contributed by atoms with Crippen LogP contribution in [0.5, 0.6) is 0 Å². The number of anilines is 2. The molecule has 1 aliphatic heterocycles. The van der Waals surface area contributed by atoms with E-state index >= 15 is 0 Å². The lowest BCUT2D eigenvalue weighted by atomic mass is 10.1. The smallest absolute Gasteiger partial charge is 0.252 e. The molecular formula is C18H19FN2O4S. The van der Waals surface area contributed by atoms with Gasteiger partial charge in [-0.05, 0) is 47.9 Å². The molecule has 1 N–H and O–H groups in total. The number of ether oxygens (including phenoxy) is 1. The normalized spacial score (nSPS) is 13.5. The average Bonchev–Trinajstić information content (AvgIpc) is 3.00. The molecule has 138 valence electrons. The molecule has 0 aliphatic carbocycles. The Morgan fingerprint density at radius 3 is 2.65 bits per heavy atom. The number of benzene rings is 2. The van der Waals surface area contributed by atoms with E-state index in [-0.39, 0.29) is 18.3 Å². The average molecular weight is 378 g/mol. The predicted molar refractivity (Wildman–Crippen MR) is 97.0 cm³/mol. The molecule has 26 heavy (non-hydrogen) atoms. The lowest BCUT2D eigenvalue weighted by Crippen LogP contribution is -2.31. The Balaban J connectivity index is 1.73. The molecule has 1 aliphatic rings. The minimum Gasteiger partial charge on any atom is -0.375 e. The van der Waals surface area contributed by atoms with E-state index in [4.69, 9.17) is 4.74 Å². The Morgan fingerprint density at radius 2 is 1.96 bits per heavy atom. The number of hydrogen-bond acceptors (Lipinski definition) is 4. The zero-order valence-corrected chi connectivity index (χ0v) is 15.1. The number of nitrogens with zero attached hydrogens (tertiary/aromatic N) is 1. The number of nitrogens with one attached hydrogen (secondary N) is 1. The maximum Gasteiger partial charge on any atom is 0.252 e. The van der Waals surface area contributed by atoms with Crippen LogP contribution in [0.2, 0.25) is 0 Å². The molecule has 0 radical (unpaired) electrons. The Morgan fingerprint density at radius 1 is 1.23 bits per heavy atom. The van der Waals surface area contributed by atoms with E-state index in [0.29, 0.717) is 24.2 Å². The van der Waals surface area contributed by atoms with Crippen molar-refractivity contribution in [2.75, 3.05) is 29.9 Å². The van der Waals surface area contributed by atoms with Gasteiger partial charge in [0.25, 0.3) is 5.91 Å². The third-order valence-corrected chi connectivity index (χ3v) is 5.35. The third kappa shape index (κ3) is 4.20. The number of halogens is 1. The maximum atomic E-state index is 12.9. The van der Waals surface area contributed by atoms with Crippen molar-refractivity contribution >= 4 is 27.3 Å². The van der Waals surface area contributed by atoms with Crippen LogP contribution in [0.4, 0.5) is 15.8 Å². The Hall–Kier alpha value is -2.45. The van der Waals surface area contributed by atoms with Crippen molar-refractivity contribution in [3.63, 3.8) is 0 Å². The van der Waals surface area contributed by atoms with E-state index in [2.05, 4.69) is 4.72 Å². The van der Waals surface area contributed by atoms with E-state index < -0.39 is 15.8 Å². The first-order chi connectivity index (χ1) is 12.4. The zero-order chi connectivity index (χ0) is 18.7. The van der Waals surface area contributed by atoms with Crippen molar-refractivity contribution < 1.29 is 22.3 Å². The van der Waals surface area contributed by atoms with E-state index in [0.717, 1.165) is 11.3 Å². The minimum absolute atomic E-state index is 0.00545. The van der Waals surface area contributed by atoms with Gasteiger partial charge in [-0.2, -0.15) is 0 Å². The Kier molecular flexibility index (Phi) is 5.24. The molecule has 3 rings (SSSR count). The second kappa shape index (κ2) is 7.43. The summed E-state index contributed by atoms with van der Waals surface area (Å²) in [5, 5.41) is 0. The van der Waals surface area contributed by atoms with Gasteiger partial charge in [0.05, 0.1) is 5.75 Å². The molecule has 6 nitrogen and oxygen atoms in total. The van der Waals surface area contributed by atoms with Gasteiger partial charge in [0.1, 0.15) is 12.4 Å². The van der Waals surface area contributed by atoms with Crippen molar-refractivity contribution in [3.05, 3.63) is 59.4 Å². The highest BCUT2D eigenvalue weighted by molar-refractivity contribution is 7.91. The van der Waals surface area contributed by atoms with Gasteiger partial charge in [0.2, 0.25) is 10.0 Å². The van der Waals surface area contributed by atoms with Crippen LogP contribution in [0.3, 0.4) is 0 Å². The largest absolute Gasteiger partial charge is 0.375 e. The molecular weight excluding hydrogens is 359 g/mol. The van der Waals surface area contributed by atoms with Crippen molar-refractivity contribution in [2.24, 2.45) is 0 Å². The lowest BCUT2D eigenvalue weighted by molar-refractivity contribution is -0.122. The van der Waals surface area contributed by atoms with Crippen molar-refractivity contribution in [1.82, 2.24) is 0 Å². The summed E-state index contributed by atoms with van der Waals surface area (Å²) in [5.41, 5.74) is 2.60. The van der Waals surface area contributed by atoms with Crippen LogP contribution in [0.25, 0.3) is 0 Å². The fourth-order valence-electron chi connectivity index (χ4n) is 2.94.